The third-order valence-corrected chi connectivity index (χ3v) is 6.91. The van der Waals surface area contributed by atoms with Crippen LogP contribution in [0.2, 0.25) is 15.1 Å². The van der Waals surface area contributed by atoms with E-state index in [0.29, 0.717) is 32.4 Å². The first-order chi connectivity index (χ1) is 22.8. The molecule has 0 aliphatic heterocycles. The van der Waals surface area contributed by atoms with Crippen LogP contribution in [0.3, 0.4) is 0 Å². The summed E-state index contributed by atoms with van der Waals surface area (Å²) in [5.74, 6) is 0.508. The van der Waals surface area contributed by atoms with Crippen LogP contribution in [0.15, 0.2) is 128 Å². The first-order valence-electron chi connectivity index (χ1n) is 13.9. The molecule has 0 aliphatic rings. The van der Waals surface area contributed by atoms with Gasteiger partial charge in [-0.2, -0.15) is 0 Å². The fraction of sp³-hybridized carbons (Fsp3) is 0. The maximum Gasteiger partial charge on any atom is 0.249 e. The van der Waals surface area contributed by atoms with E-state index < -0.39 is 0 Å². The van der Waals surface area contributed by atoms with E-state index in [9.17, 15) is 9.59 Å². The topological polar surface area (TPSA) is 120 Å². The van der Waals surface area contributed by atoms with Gasteiger partial charge >= 0.3 is 0 Å². The SMILES string of the molecule is O=C(/C=C/n1cnc(-c2cccc(Cl)c2)n1)Nc1ccccc1.O=C(/C=C/n1cnc(-c2cccc(Cl)c2)n1)Nc1ccccc1Cl. The molecule has 0 radical (unpaired) electrons. The van der Waals surface area contributed by atoms with E-state index in [1.54, 1.807) is 54.7 Å². The van der Waals surface area contributed by atoms with Gasteiger partial charge in [0.15, 0.2) is 11.6 Å². The Morgan fingerprint density at radius 1 is 0.596 bits per heavy atom. The molecule has 2 heterocycles. The fourth-order valence-corrected chi connectivity index (χ4v) is 4.51. The predicted molar refractivity (Wildman–Crippen MR) is 187 cm³/mol. The van der Waals surface area contributed by atoms with Gasteiger partial charge in [0.2, 0.25) is 11.8 Å². The number of aromatic nitrogens is 6. The molecular formula is C34H25Cl3N8O2. The Kier molecular flexibility index (Phi) is 11.3. The molecule has 0 fully saturated rings. The maximum absolute atomic E-state index is 11.9. The summed E-state index contributed by atoms with van der Waals surface area (Å²) in [6, 6.07) is 30.8. The molecule has 0 atom stereocenters. The number of amides is 2. The van der Waals surface area contributed by atoms with Crippen LogP contribution >= 0.6 is 34.8 Å². The molecule has 2 amide bonds. The molecule has 6 aromatic rings. The highest BCUT2D eigenvalue weighted by Crippen LogP contribution is 2.21. The molecule has 0 spiro atoms. The number of rotatable bonds is 8. The number of carbonyl (C=O) groups is 2. The lowest BCUT2D eigenvalue weighted by Crippen LogP contribution is -2.08. The Morgan fingerprint density at radius 2 is 1.11 bits per heavy atom. The third kappa shape index (κ3) is 9.97. The first-order valence-corrected chi connectivity index (χ1v) is 15.1. The molecule has 6 rings (SSSR count). The average Bonchev–Trinajstić information content (AvgIpc) is 3.75. The summed E-state index contributed by atoms with van der Waals surface area (Å²) in [7, 11) is 0. The molecule has 0 bridgehead atoms. The minimum absolute atomic E-state index is 0.240. The largest absolute Gasteiger partial charge is 0.322 e. The summed E-state index contributed by atoms with van der Waals surface area (Å²) in [6.45, 7) is 0. The van der Waals surface area contributed by atoms with Crippen LogP contribution in [0, 0.1) is 0 Å². The number of hydrogen-bond acceptors (Lipinski definition) is 6. The van der Waals surface area contributed by atoms with Crippen molar-refractivity contribution in [3.05, 3.63) is 143 Å². The minimum atomic E-state index is -0.317. The molecule has 47 heavy (non-hydrogen) atoms. The number of hydrogen-bond donors (Lipinski definition) is 2. The van der Waals surface area contributed by atoms with E-state index in [0.717, 1.165) is 16.8 Å². The van der Waals surface area contributed by atoms with Crippen LogP contribution in [-0.4, -0.2) is 41.3 Å². The van der Waals surface area contributed by atoms with E-state index in [1.807, 2.05) is 54.6 Å². The minimum Gasteiger partial charge on any atom is -0.322 e. The standard InChI is InChI=1S/C17H12Cl2N4O.C17H13ClN4O/c18-13-5-3-4-12(10-13)17-20-11-23(22-17)9-8-16(24)21-15-7-2-1-6-14(15)19;18-14-6-4-5-13(11-14)17-19-12-22(21-17)10-9-16(23)20-15-7-2-1-3-8-15/h1-11H,(H,21,24);1-12H,(H,20,23)/b9-8+;10-9+. The summed E-state index contributed by atoms with van der Waals surface area (Å²) in [4.78, 5) is 32.1. The van der Waals surface area contributed by atoms with Crippen molar-refractivity contribution >= 4 is 70.4 Å². The Morgan fingerprint density at radius 3 is 1.64 bits per heavy atom. The van der Waals surface area contributed by atoms with Gasteiger partial charge in [-0.25, -0.2) is 19.3 Å². The molecule has 0 saturated heterocycles. The van der Waals surface area contributed by atoms with Crippen molar-refractivity contribution in [1.29, 1.82) is 0 Å². The summed E-state index contributed by atoms with van der Waals surface area (Å²) in [6.07, 6.45) is 8.83. The van der Waals surface area contributed by atoms with Gasteiger partial charge in [-0.1, -0.05) is 89.4 Å². The van der Waals surface area contributed by atoms with Crippen molar-refractivity contribution in [1.82, 2.24) is 29.5 Å². The molecule has 234 valence electrons. The number of benzene rings is 4. The lowest BCUT2D eigenvalue weighted by atomic mass is 10.2. The molecule has 0 aliphatic carbocycles. The van der Waals surface area contributed by atoms with Crippen LogP contribution < -0.4 is 10.6 Å². The molecule has 0 saturated carbocycles. The molecular weight excluding hydrogens is 659 g/mol. The zero-order valence-corrected chi connectivity index (χ0v) is 26.7. The number of nitrogens with one attached hydrogen (secondary N) is 2. The smallest absolute Gasteiger partial charge is 0.249 e. The van der Waals surface area contributed by atoms with E-state index >= 15 is 0 Å². The number of halogens is 3. The second-order valence-corrected chi connectivity index (χ2v) is 10.9. The molecule has 0 unspecified atom stereocenters. The van der Waals surface area contributed by atoms with Crippen molar-refractivity contribution in [3.63, 3.8) is 0 Å². The Hall–Kier alpha value is -5.55. The van der Waals surface area contributed by atoms with E-state index in [2.05, 4.69) is 30.8 Å². The molecule has 2 aromatic heterocycles. The lowest BCUT2D eigenvalue weighted by Gasteiger charge is -2.03. The molecule has 10 nitrogen and oxygen atoms in total. The summed E-state index contributed by atoms with van der Waals surface area (Å²) in [5.41, 5.74) is 2.90. The van der Waals surface area contributed by atoms with Gasteiger partial charge in [0, 0.05) is 51.4 Å². The summed E-state index contributed by atoms with van der Waals surface area (Å²) in [5, 5.41) is 15.7. The van der Waals surface area contributed by atoms with Gasteiger partial charge in [-0.3, -0.25) is 9.59 Å². The Labute approximate surface area is 285 Å². The van der Waals surface area contributed by atoms with E-state index in [1.165, 1.54) is 40.4 Å². The van der Waals surface area contributed by atoms with Gasteiger partial charge < -0.3 is 10.6 Å². The second kappa shape index (κ2) is 16.1. The summed E-state index contributed by atoms with van der Waals surface area (Å²) < 4.78 is 2.92. The van der Waals surface area contributed by atoms with Gasteiger partial charge in [0.1, 0.15) is 12.7 Å². The number of para-hydroxylation sites is 2. The highest BCUT2D eigenvalue weighted by molar-refractivity contribution is 6.33. The van der Waals surface area contributed by atoms with Gasteiger partial charge in [0.25, 0.3) is 0 Å². The number of anilines is 2. The normalized spacial score (nSPS) is 10.9. The van der Waals surface area contributed by atoms with Crippen LogP contribution in [0.5, 0.6) is 0 Å². The van der Waals surface area contributed by atoms with Crippen molar-refractivity contribution in [3.8, 4) is 22.8 Å². The summed E-state index contributed by atoms with van der Waals surface area (Å²) >= 11 is 17.9. The van der Waals surface area contributed by atoms with Gasteiger partial charge in [-0.05, 0) is 48.5 Å². The van der Waals surface area contributed by atoms with E-state index in [4.69, 9.17) is 34.8 Å². The lowest BCUT2D eigenvalue weighted by molar-refractivity contribution is -0.112. The third-order valence-electron chi connectivity index (χ3n) is 6.11. The molecule has 13 heteroatoms. The van der Waals surface area contributed by atoms with Crippen molar-refractivity contribution in [2.45, 2.75) is 0 Å². The van der Waals surface area contributed by atoms with Crippen LogP contribution in [0.1, 0.15) is 0 Å². The van der Waals surface area contributed by atoms with E-state index in [-0.39, 0.29) is 11.8 Å². The van der Waals surface area contributed by atoms with Crippen molar-refractivity contribution in [2.24, 2.45) is 0 Å². The first kappa shape index (κ1) is 32.8. The highest BCUT2D eigenvalue weighted by Gasteiger charge is 2.06. The fourth-order valence-electron chi connectivity index (χ4n) is 3.94. The molecule has 4 aromatic carbocycles. The van der Waals surface area contributed by atoms with Gasteiger partial charge in [0.05, 0.1) is 10.7 Å². The number of carbonyl (C=O) groups excluding carboxylic acids is 2. The average molecular weight is 684 g/mol. The van der Waals surface area contributed by atoms with Gasteiger partial charge in [-0.15, -0.1) is 10.2 Å². The van der Waals surface area contributed by atoms with Crippen LogP contribution in [0.4, 0.5) is 11.4 Å². The number of nitrogens with zero attached hydrogens (tertiary/aromatic N) is 6. The van der Waals surface area contributed by atoms with Crippen LogP contribution in [-0.2, 0) is 9.59 Å². The van der Waals surface area contributed by atoms with Crippen LogP contribution in [0.25, 0.3) is 35.2 Å². The molecule has 2 N–H and O–H groups in total. The predicted octanol–water partition coefficient (Wildman–Crippen LogP) is 8.07. The van der Waals surface area contributed by atoms with Crippen molar-refractivity contribution < 1.29 is 9.59 Å². The Balaban J connectivity index is 0.000000185. The maximum atomic E-state index is 11.9. The second-order valence-electron chi connectivity index (χ2n) is 9.57. The van der Waals surface area contributed by atoms with Crippen molar-refractivity contribution in [2.75, 3.05) is 10.6 Å². The highest BCUT2D eigenvalue weighted by atomic mass is 35.5. The zero-order chi connectivity index (χ0) is 33.0. The monoisotopic (exact) mass is 682 g/mol. The Bertz CT molecular complexity index is 2040. The quantitative estimate of drug-likeness (QED) is 0.157. The zero-order valence-electron chi connectivity index (χ0n) is 24.4.